The smallest absolute Gasteiger partial charge is 0.284 e. The maximum atomic E-state index is 11.4. The van der Waals surface area contributed by atoms with E-state index >= 15 is 0 Å². The van der Waals surface area contributed by atoms with Gasteiger partial charge in [0.25, 0.3) is 26.0 Å². The highest BCUT2D eigenvalue weighted by atomic mass is 35.5. The predicted molar refractivity (Wildman–Crippen MR) is 100 cm³/mol. The van der Waals surface area contributed by atoms with Crippen LogP contribution in [-0.4, -0.2) is 42.1 Å². The molecule has 2 aromatic carbocycles. The highest BCUT2D eigenvalue weighted by molar-refractivity contribution is 7.91. The van der Waals surface area contributed by atoms with Crippen LogP contribution < -0.4 is 14.2 Å². The number of ether oxygens (including phenoxy) is 2. The lowest BCUT2D eigenvalue weighted by molar-refractivity contribution is 0.0985. The predicted octanol–water partition coefficient (Wildman–Crippen LogP) is 1.51. The molecule has 4 rings (SSSR count). The summed E-state index contributed by atoms with van der Waals surface area (Å²) >= 11 is 5.65. The first-order valence-corrected chi connectivity index (χ1v) is 10.8. The number of carbonyl (C=O) groups is 1. The lowest BCUT2D eigenvalue weighted by Gasteiger charge is -2.01. The van der Waals surface area contributed by atoms with Crippen LogP contribution in [0.25, 0.3) is 0 Å². The number of hydrogen-bond acceptors (Lipinski definition) is 7. The van der Waals surface area contributed by atoms with E-state index in [1.54, 1.807) is 18.2 Å². The zero-order valence-electron chi connectivity index (χ0n) is 14.5. The molecule has 0 bridgehead atoms. The topological polar surface area (TPSA) is 128 Å². The summed E-state index contributed by atoms with van der Waals surface area (Å²) in [4.78, 5) is 11.2. The largest absolute Gasteiger partial charge is 0.497 e. The summed E-state index contributed by atoms with van der Waals surface area (Å²) in [6, 6.07) is 8.90. The summed E-state index contributed by atoms with van der Waals surface area (Å²) in [5.74, 6) is 0.278. The first kappa shape index (κ1) is 20.1. The Hall–Kier alpha value is -2.63. The van der Waals surface area contributed by atoms with Gasteiger partial charge in [0, 0.05) is 17.7 Å². The Morgan fingerprint density at radius 3 is 2.00 bits per heavy atom. The molecule has 0 saturated heterocycles. The van der Waals surface area contributed by atoms with E-state index < -0.39 is 26.0 Å². The highest BCUT2D eigenvalue weighted by Gasteiger charge is 2.32. The van der Waals surface area contributed by atoms with Crippen molar-refractivity contribution < 1.29 is 31.1 Å². The van der Waals surface area contributed by atoms with E-state index in [1.165, 1.54) is 32.4 Å². The second kappa shape index (κ2) is 7.08. The number of amides is 1. The van der Waals surface area contributed by atoms with Gasteiger partial charge in [-0.2, -0.15) is 8.42 Å². The lowest BCUT2D eigenvalue weighted by Crippen LogP contribution is -2.20. The molecule has 0 atom stereocenters. The number of sulfonamides is 2. The normalized spacial score (nSPS) is 17.4. The second-order valence-corrected chi connectivity index (χ2v) is 9.10. The molecular formula is C16H13ClN2O7S2. The third kappa shape index (κ3) is 3.55. The van der Waals surface area contributed by atoms with Crippen LogP contribution in [0, 0.1) is 0 Å². The fraction of sp³-hybridized carbons (Fsp3) is 0.125. The molecule has 0 fully saturated rings. The van der Waals surface area contributed by atoms with Crippen molar-refractivity contribution in [3.05, 3.63) is 47.5 Å². The zero-order chi connectivity index (χ0) is 20.7. The number of hydrogen-bond donors (Lipinski definition) is 1. The van der Waals surface area contributed by atoms with Crippen molar-refractivity contribution >= 4 is 42.7 Å². The average Bonchev–Trinajstić information content (AvgIpc) is 3.03. The Kier molecular flexibility index (Phi) is 5.08. The monoisotopic (exact) mass is 444 g/mol. The lowest BCUT2D eigenvalue weighted by atomic mass is 10.2. The molecular weight excluding hydrogens is 432 g/mol. The Bertz CT molecular complexity index is 1220. The number of nitrogens with one attached hydrogen (secondary N) is 1. The molecule has 2 heterocycles. The van der Waals surface area contributed by atoms with Crippen molar-refractivity contribution in [3.63, 3.8) is 0 Å². The van der Waals surface area contributed by atoms with E-state index in [1.807, 2.05) is 4.72 Å². The van der Waals surface area contributed by atoms with Gasteiger partial charge in [0.05, 0.1) is 19.8 Å². The van der Waals surface area contributed by atoms with Gasteiger partial charge in [0.15, 0.2) is 5.17 Å². The van der Waals surface area contributed by atoms with Gasteiger partial charge in [-0.25, -0.2) is 13.1 Å². The van der Waals surface area contributed by atoms with Crippen molar-refractivity contribution in [1.29, 1.82) is 0 Å². The fourth-order valence-electron chi connectivity index (χ4n) is 2.49. The van der Waals surface area contributed by atoms with E-state index in [2.05, 4.69) is 4.40 Å². The van der Waals surface area contributed by atoms with Crippen LogP contribution >= 0.6 is 11.6 Å². The molecule has 0 radical (unpaired) electrons. The molecule has 12 heteroatoms. The SMILES string of the molecule is COc1ccc2c(c1)S(=O)(=O)N=C2Cl.COc1ccc2c(c1)S(=O)(=O)NC2=O. The number of benzene rings is 2. The Labute approximate surface area is 166 Å². The van der Waals surface area contributed by atoms with Gasteiger partial charge in [0.1, 0.15) is 21.3 Å². The number of carbonyl (C=O) groups excluding carboxylic acids is 1. The summed E-state index contributed by atoms with van der Waals surface area (Å²) in [7, 11) is -4.39. The van der Waals surface area contributed by atoms with Crippen LogP contribution in [0.4, 0.5) is 0 Å². The Morgan fingerprint density at radius 2 is 1.43 bits per heavy atom. The minimum absolute atomic E-state index is 0.00246. The number of halogens is 1. The molecule has 2 aliphatic heterocycles. The van der Waals surface area contributed by atoms with Crippen molar-refractivity contribution in [2.24, 2.45) is 4.40 Å². The van der Waals surface area contributed by atoms with Gasteiger partial charge in [-0.05, 0) is 24.3 Å². The van der Waals surface area contributed by atoms with Gasteiger partial charge in [0.2, 0.25) is 0 Å². The van der Waals surface area contributed by atoms with Gasteiger partial charge in [-0.15, -0.1) is 4.40 Å². The minimum atomic E-state index is -3.67. The van der Waals surface area contributed by atoms with Gasteiger partial charge < -0.3 is 9.47 Å². The van der Waals surface area contributed by atoms with E-state index in [4.69, 9.17) is 21.1 Å². The van der Waals surface area contributed by atoms with Crippen LogP contribution in [-0.2, 0) is 20.0 Å². The summed E-state index contributed by atoms with van der Waals surface area (Å²) in [6.45, 7) is 0. The van der Waals surface area contributed by atoms with Crippen molar-refractivity contribution in [2.45, 2.75) is 9.79 Å². The molecule has 28 heavy (non-hydrogen) atoms. The summed E-state index contributed by atoms with van der Waals surface area (Å²) < 4.78 is 60.5. The zero-order valence-corrected chi connectivity index (χ0v) is 16.9. The maximum absolute atomic E-state index is 11.4. The maximum Gasteiger partial charge on any atom is 0.284 e. The summed E-state index contributed by atoms with van der Waals surface area (Å²) in [5, 5.41) is 0.00246. The number of fused-ring (bicyclic) bond motifs is 2. The van der Waals surface area contributed by atoms with Gasteiger partial charge in [-0.3, -0.25) is 4.79 Å². The van der Waals surface area contributed by atoms with Crippen molar-refractivity contribution in [3.8, 4) is 11.5 Å². The van der Waals surface area contributed by atoms with E-state index in [9.17, 15) is 21.6 Å². The van der Waals surface area contributed by atoms with Crippen LogP contribution in [0.3, 0.4) is 0 Å². The molecule has 0 saturated carbocycles. The number of rotatable bonds is 2. The van der Waals surface area contributed by atoms with Crippen LogP contribution in [0.15, 0.2) is 50.6 Å². The Morgan fingerprint density at radius 1 is 0.893 bits per heavy atom. The summed E-state index contributed by atoms with van der Waals surface area (Å²) in [5.41, 5.74) is 0.582. The Balaban J connectivity index is 0.000000161. The van der Waals surface area contributed by atoms with E-state index in [-0.39, 0.29) is 20.5 Å². The molecule has 2 aromatic rings. The third-order valence-corrected chi connectivity index (χ3v) is 6.92. The molecule has 2 aliphatic rings. The second-order valence-electron chi connectivity index (χ2n) is 5.52. The van der Waals surface area contributed by atoms with Gasteiger partial charge in [-0.1, -0.05) is 11.6 Å². The standard InChI is InChI=1S/C8H6ClNO3S.C8H7NO4S/c1-13-5-2-3-6-7(4-5)14(11,12)10-8(6)9;1-13-5-2-3-6-7(4-5)14(11,12)9-8(6)10/h2-4H,1H3;2-4H,1H3,(H,9,10). The fourth-order valence-corrected chi connectivity index (χ4v) is 5.28. The minimum Gasteiger partial charge on any atom is -0.497 e. The molecule has 148 valence electrons. The quantitative estimate of drug-likeness (QED) is 0.743. The molecule has 0 aromatic heterocycles. The molecule has 0 aliphatic carbocycles. The molecule has 0 spiro atoms. The summed E-state index contributed by atoms with van der Waals surface area (Å²) in [6.07, 6.45) is 0. The van der Waals surface area contributed by atoms with Crippen LogP contribution in [0.2, 0.25) is 0 Å². The first-order chi connectivity index (χ1) is 13.1. The number of methoxy groups -OCH3 is 2. The van der Waals surface area contributed by atoms with Crippen LogP contribution in [0.5, 0.6) is 11.5 Å². The van der Waals surface area contributed by atoms with E-state index in [0.717, 1.165) is 0 Å². The molecule has 1 N–H and O–H groups in total. The average molecular weight is 445 g/mol. The highest BCUT2D eigenvalue weighted by Crippen LogP contribution is 2.31. The van der Waals surface area contributed by atoms with Crippen molar-refractivity contribution in [1.82, 2.24) is 4.72 Å². The van der Waals surface area contributed by atoms with E-state index in [0.29, 0.717) is 17.1 Å². The number of nitrogens with zero attached hydrogens (tertiary/aromatic N) is 1. The van der Waals surface area contributed by atoms with Crippen LogP contribution in [0.1, 0.15) is 15.9 Å². The molecule has 0 unspecified atom stereocenters. The third-order valence-electron chi connectivity index (χ3n) is 3.84. The first-order valence-electron chi connectivity index (χ1n) is 7.53. The van der Waals surface area contributed by atoms with Crippen molar-refractivity contribution in [2.75, 3.05) is 14.2 Å². The molecule has 1 amide bonds. The molecule has 9 nitrogen and oxygen atoms in total. The van der Waals surface area contributed by atoms with Gasteiger partial charge >= 0.3 is 0 Å².